The summed E-state index contributed by atoms with van der Waals surface area (Å²) in [6.45, 7) is 3.95. The highest BCUT2D eigenvalue weighted by molar-refractivity contribution is 5.90. The number of carbonyl (C=O) groups is 1. The van der Waals surface area contributed by atoms with Crippen molar-refractivity contribution in [2.24, 2.45) is 0 Å². The number of aromatic nitrogens is 1. The maximum Gasteiger partial charge on any atom is 0.319 e. The highest BCUT2D eigenvalue weighted by Gasteiger charge is 2.59. The maximum atomic E-state index is 13.8. The van der Waals surface area contributed by atoms with Crippen molar-refractivity contribution in [1.82, 2.24) is 10.3 Å². The van der Waals surface area contributed by atoms with Crippen LogP contribution < -0.4 is 25.4 Å². The van der Waals surface area contributed by atoms with Crippen LogP contribution in [0.2, 0.25) is 0 Å². The molecule has 3 aliphatic rings. The quantitative estimate of drug-likeness (QED) is 0.477. The molecule has 2 aliphatic heterocycles. The number of nitrogens with zero attached hydrogens (tertiary/aromatic N) is 1. The lowest BCUT2D eigenvalue weighted by Crippen LogP contribution is -2.34. The van der Waals surface area contributed by atoms with E-state index < -0.39 is 29.2 Å². The molecule has 1 saturated carbocycles. The minimum atomic E-state index is -1.20. The molecule has 7 nitrogen and oxygen atoms in total. The summed E-state index contributed by atoms with van der Waals surface area (Å²) in [7, 11) is 0. The largest absolute Gasteiger partial charge is 0.487 e. The van der Waals surface area contributed by atoms with E-state index in [-0.39, 0.29) is 18.1 Å². The number of urea groups is 1. The monoisotopic (exact) mass is 480 g/mol. The zero-order valence-electron chi connectivity index (χ0n) is 18.2. The Balaban J connectivity index is 1.15. The number of nitrogens with one attached hydrogen (secondary N) is 3. The summed E-state index contributed by atoms with van der Waals surface area (Å²) >= 11 is 0. The van der Waals surface area contributed by atoms with Crippen LogP contribution in [0.3, 0.4) is 0 Å². The Labute approximate surface area is 198 Å². The van der Waals surface area contributed by atoms with Crippen molar-refractivity contribution in [2.75, 3.05) is 10.6 Å². The minimum absolute atomic E-state index is 0.126. The zero-order chi connectivity index (χ0) is 24.3. The Hall–Kier alpha value is -4.21. The number of halogens is 3. The number of pyridine rings is 1. The summed E-state index contributed by atoms with van der Waals surface area (Å²) in [4.78, 5) is 16.7. The van der Waals surface area contributed by atoms with Gasteiger partial charge in [-0.05, 0) is 37.1 Å². The Morgan fingerprint density at radius 1 is 1.14 bits per heavy atom. The molecule has 10 heteroatoms. The van der Waals surface area contributed by atoms with Crippen LogP contribution in [0.4, 0.5) is 29.5 Å². The van der Waals surface area contributed by atoms with E-state index in [0.29, 0.717) is 29.4 Å². The Morgan fingerprint density at radius 3 is 2.74 bits per heavy atom. The molecular weight excluding hydrogens is 461 g/mol. The normalized spacial score (nSPS) is 21.1. The van der Waals surface area contributed by atoms with Crippen LogP contribution in [0.1, 0.15) is 23.5 Å². The predicted octanol–water partition coefficient (Wildman–Crippen LogP) is 5.21. The lowest BCUT2D eigenvalue weighted by molar-refractivity contribution is 0.246. The number of anilines is 2. The van der Waals surface area contributed by atoms with E-state index in [4.69, 9.17) is 9.47 Å². The van der Waals surface area contributed by atoms with Crippen molar-refractivity contribution in [3.05, 3.63) is 83.4 Å². The molecule has 0 saturated heterocycles. The zero-order valence-corrected chi connectivity index (χ0v) is 18.2. The van der Waals surface area contributed by atoms with Crippen molar-refractivity contribution in [3.63, 3.8) is 0 Å². The topological polar surface area (TPSA) is 84.5 Å². The molecule has 1 aliphatic carbocycles. The summed E-state index contributed by atoms with van der Waals surface area (Å²) in [5, 5.41) is 7.94. The second-order valence-corrected chi connectivity index (χ2v) is 8.64. The third-order valence-corrected chi connectivity index (χ3v) is 6.31. The van der Waals surface area contributed by atoms with Crippen molar-refractivity contribution < 1.29 is 27.4 Å². The highest BCUT2D eigenvalue weighted by atomic mass is 19.1. The van der Waals surface area contributed by atoms with Gasteiger partial charge in [0.15, 0.2) is 11.6 Å². The number of fused-ring (bicyclic) bond motifs is 4. The van der Waals surface area contributed by atoms with Gasteiger partial charge in [0.1, 0.15) is 40.7 Å². The molecule has 2 amide bonds. The van der Waals surface area contributed by atoms with Gasteiger partial charge in [-0.1, -0.05) is 6.58 Å². The molecule has 3 aromatic rings. The molecule has 0 spiro atoms. The number of rotatable bonds is 4. The van der Waals surface area contributed by atoms with Crippen LogP contribution in [-0.4, -0.2) is 23.2 Å². The van der Waals surface area contributed by atoms with Gasteiger partial charge in [-0.2, -0.15) is 0 Å². The molecule has 178 valence electrons. The number of carbonyl (C=O) groups excluding carboxylic acids is 1. The molecular formula is C25H19F3N4O3. The molecule has 2 unspecified atom stereocenters. The first kappa shape index (κ1) is 21.3. The molecule has 1 aromatic heterocycles. The molecule has 2 aromatic carbocycles. The Kier molecular flexibility index (Phi) is 4.84. The standard InChI is InChI=1S/C25H19F3N4O3/c1-11-2-4-14-19(6-7-29-24(14)30-11)34-13-3-5-18-15(10-13)20-22(23(20)35-18)32-25(33)31-21-16(27)8-12(26)9-17(21)28/h3,5-10,20,22-23H,1-2,4H2,(H,29,30)(H2,31,32,33)/t20?,22-,23?/m0/s1. The fourth-order valence-corrected chi connectivity index (χ4v) is 4.59. The minimum Gasteiger partial charge on any atom is -0.487 e. The van der Waals surface area contributed by atoms with E-state index in [1.54, 1.807) is 18.3 Å². The number of hydrogen-bond donors (Lipinski definition) is 3. The van der Waals surface area contributed by atoms with Gasteiger partial charge in [0.2, 0.25) is 0 Å². The SMILES string of the molecule is C=C1CCc2c(Oc3ccc4c(c3)C3C(O4)[C@H]3NC(=O)Nc3c(F)cc(F)cc3F)ccnc2N1. The molecule has 3 N–H and O–H groups in total. The first-order valence-corrected chi connectivity index (χ1v) is 11.0. The number of allylic oxidation sites excluding steroid dienone is 1. The van der Waals surface area contributed by atoms with Crippen LogP contribution in [0, 0.1) is 17.5 Å². The van der Waals surface area contributed by atoms with E-state index in [2.05, 4.69) is 27.5 Å². The Bertz CT molecular complexity index is 1370. The molecule has 35 heavy (non-hydrogen) atoms. The molecule has 3 atom stereocenters. The second kappa shape index (κ2) is 7.93. The molecule has 0 radical (unpaired) electrons. The lowest BCUT2D eigenvalue weighted by atomic mass is 10.0. The number of amides is 2. The molecule has 0 bridgehead atoms. The van der Waals surface area contributed by atoms with Crippen LogP contribution in [0.5, 0.6) is 17.2 Å². The van der Waals surface area contributed by atoms with Crippen molar-refractivity contribution in [3.8, 4) is 17.2 Å². The van der Waals surface area contributed by atoms with Gasteiger partial charge in [0, 0.05) is 35.2 Å². The van der Waals surface area contributed by atoms with E-state index in [9.17, 15) is 18.0 Å². The van der Waals surface area contributed by atoms with Gasteiger partial charge >= 0.3 is 6.03 Å². The van der Waals surface area contributed by atoms with Gasteiger partial charge in [-0.15, -0.1) is 0 Å². The van der Waals surface area contributed by atoms with Gasteiger partial charge in [-0.3, -0.25) is 0 Å². The fourth-order valence-electron chi connectivity index (χ4n) is 4.59. The predicted molar refractivity (Wildman–Crippen MR) is 121 cm³/mol. The van der Waals surface area contributed by atoms with Crippen LogP contribution >= 0.6 is 0 Å². The van der Waals surface area contributed by atoms with Crippen LogP contribution in [-0.2, 0) is 6.42 Å². The summed E-state index contributed by atoms with van der Waals surface area (Å²) in [5.41, 5.74) is 2.03. The molecule has 3 heterocycles. The molecule has 1 fully saturated rings. The van der Waals surface area contributed by atoms with E-state index in [0.717, 1.165) is 35.5 Å². The molecule has 6 rings (SSSR count). The van der Waals surface area contributed by atoms with Crippen LogP contribution in [0.25, 0.3) is 0 Å². The van der Waals surface area contributed by atoms with Crippen LogP contribution in [0.15, 0.2) is 54.9 Å². The second-order valence-electron chi connectivity index (χ2n) is 8.64. The van der Waals surface area contributed by atoms with E-state index in [1.165, 1.54) is 0 Å². The third-order valence-electron chi connectivity index (χ3n) is 6.31. The third kappa shape index (κ3) is 3.80. The van der Waals surface area contributed by atoms with Crippen molar-refractivity contribution in [2.45, 2.75) is 30.9 Å². The summed E-state index contributed by atoms with van der Waals surface area (Å²) in [6, 6.07) is 7.08. The highest BCUT2D eigenvalue weighted by Crippen LogP contribution is 2.54. The Morgan fingerprint density at radius 2 is 1.94 bits per heavy atom. The van der Waals surface area contributed by atoms with Crippen molar-refractivity contribution in [1.29, 1.82) is 0 Å². The number of ether oxygens (including phenoxy) is 2. The average molecular weight is 480 g/mol. The van der Waals surface area contributed by atoms with Gasteiger partial charge in [-0.25, -0.2) is 22.9 Å². The first-order valence-electron chi connectivity index (χ1n) is 11.0. The summed E-state index contributed by atoms with van der Waals surface area (Å²) in [5.74, 6) is -0.871. The van der Waals surface area contributed by atoms with Crippen molar-refractivity contribution >= 4 is 17.5 Å². The van der Waals surface area contributed by atoms with Gasteiger partial charge in [0.05, 0.1) is 12.0 Å². The van der Waals surface area contributed by atoms with E-state index in [1.807, 2.05) is 12.1 Å². The number of benzene rings is 2. The van der Waals surface area contributed by atoms with Gasteiger partial charge < -0.3 is 25.4 Å². The lowest BCUT2D eigenvalue weighted by Gasteiger charge is -2.21. The maximum absolute atomic E-state index is 13.8. The summed E-state index contributed by atoms with van der Waals surface area (Å²) < 4.78 is 52.8. The summed E-state index contributed by atoms with van der Waals surface area (Å²) in [6.07, 6.45) is 2.92. The average Bonchev–Trinajstić information content (AvgIpc) is 3.32. The van der Waals surface area contributed by atoms with E-state index >= 15 is 0 Å². The smallest absolute Gasteiger partial charge is 0.319 e. The fraction of sp³-hybridized carbons (Fsp3) is 0.200. The number of hydrogen-bond acceptors (Lipinski definition) is 5. The first-order chi connectivity index (χ1) is 16.9. The van der Waals surface area contributed by atoms with Gasteiger partial charge in [0.25, 0.3) is 0 Å².